The van der Waals surface area contributed by atoms with Crippen molar-refractivity contribution in [2.45, 2.75) is 25.4 Å². The van der Waals surface area contributed by atoms with Crippen LogP contribution < -0.4 is 21.7 Å². The van der Waals surface area contributed by atoms with Crippen LogP contribution >= 0.6 is 11.3 Å². The van der Waals surface area contributed by atoms with Crippen LogP contribution in [0.15, 0.2) is 42.5 Å². The number of hydrogen-bond donors (Lipinski definition) is 5. The highest BCUT2D eigenvalue weighted by Crippen LogP contribution is 2.29. The first kappa shape index (κ1) is 20.4. The molecule has 0 spiro atoms. The second-order valence-corrected chi connectivity index (χ2v) is 8.28. The molecule has 6 N–H and O–H groups in total. The maximum absolute atomic E-state index is 11.3. The van der Waals surface area contributed by atoms with Gasteiger partial charge in [-0.1, -0.05) is 6.92 Å². The molecule has 0 saturated carbocycles. The smallest absolute Gasteiger partial charge is 0.258 e. The van der Waals surface area contributed by atoms with Crippen LogP contribution in [0.4, 0.5) is 17.2 Å². The average molecular weight is 427 g/mol. The number of nitrogens with zero attached hydrogens (tertiary/aromatic N) is 1. The normalized spacial score (nSPS) is 17.4. The molecule has 2 atom stereocenters. The number of benzene rings is 1. The third-order valence-electron chi connectivity index (χ3n) is 5.07. The first-order valence-electron chi connectivity index (χ1n) is 10.0. The predicted octanol–water partition coefficient (Wildman–Crippen LogP) is 3.16. The molecule has 1 amide bonds. The van der Waals surface area contributed by atoms with Crippen LogP contribution in [0.2, 0.25) is 0 Å². The Morgan fingerprint density at radius 1 is 1.30 bits per heavy atom. The summed E-state index contributed by atoms with van der Waals surface area (Å²) in [5, 5.41) is 17.7. The molecular weight excluding hydrogens is 400 g/mol. The van der Waals surface area contributed by atoms with Gasteiger partial charge in [-0.3, -0.25) is 9.89 Å². The Kier molecular flexibility index (Phi) is 6.32. The number of amides is 1. The molecule has 158 valence electrons. The van der Waals surface area contributed by atoms with Crippen molar-refractivity contribution in [3.8, 4) is 10.6 Å². The standard InChI is InChI=1S/C21H26N6O2S/c1-2-15(17-12-29-10-9-23-17)24-13-3-5-14(6-4-13)25-20-11-16(26-27-20)18-7-8-19(30-18)21(22)28/h3-8,11,15,17,23-24H,2,9-10,12H2,1H3,(H2,22,28)(H2,25,26,27). The van der Waals surface area contributed by atoms with Gasteiger partial charge in [0.1, 0.15) is 11.5 Å². The minimum atomic E-state index is -0.425. The average Bonchev–Trinajstić information content (AvgIpc) is 3.43. The number of morpholine rings is 1. The molecule has 3 aromatic rings. The second kappa shape index (κ2) is 9.29. The van der Waals surface area contributed by atoms with Gasteiger partial charge in [0.05, 0.1) is 29.0 Å². The minimum Gasteiger partial charge on any atom is -0.381 e. The van der Waals surface area contributed by atoms with Crippen LogP contribution in [-0.2, 0) is 4.74 Å². The summed E-state index contributed by atoms with van der Waals surface area (Å²) in [5.41, 5.74) is 8.11. The van der Waals surface area contributed by atoms with E-state index in [1.165, 1.54) is 11.3 Å². The summed E-state index contributed by atoms with van der Waals surface area (Å²) in [6.07, 6.45) is 1.01. The molecule has 1 aliphatic rings. The number of hydrogen-bond acceptors (Lipinski definition) is 7. The lowest BCUT2D eigenvalue weighted by atomic mass is 10.0. The molecule has 1 saturated heterocycles. The monoisotopic (exact) mass is 426 g/mol. The third kappa shape index (κ3) is 4.81. The van der Waals surface area contributed by atoms with Gasteiger partial charge < -0.3 is 26.4 Å². The second-order valence-electron chi connectivity index (χ2n) is 7.19. The molecule has 0 radical (unpaired) electrons. The molecule has 8 nitrogen and oxygen atoms in total. The molecule has 1 fully saturated rings. The van der Waals surface area contributed by atoms with Crippen molar-refractivity contribution in [2.24, 2.45) is 5.73 Å². The van der Waals surface area contributed by atoms with Gasteiger partial charge >= 0.3 is 0 Å². The number of aromatic nitrogens is 2. The van der Waals surface area contributed by atoms with E-state index < -0.39 is 5.91 Å². The highest BCUT2D eigenvalue weighted by Gasteiger charge is 2.22. The number of H-pyrrole nitrogens is 1. The van der Waals surface area contributed by atoms with Gasteiger partial charge in [0.15, 0.2) is 0 Å². The van der Waals surface area contributed by atoms with Crippen molar-refractivity contribution < 1.29 is 9.53 Å². The van der Waals surface area contributed by atoms with Gasteiger partial charge in [0.2, 0.25) is 0 Å². The number of primary amides is 1. The third-order valence-corrected chi connectivity index (χ3v) is 6.19. The molecule has 2 unspecified atom stereocenters. The van der Waals surface area contributed by atoms with Crippen molar-refractivity contribution >= 4 is 34.4 Å². The molecule has 0 bridgehead atoms. The number of ether oxygens (including phenoxy) is 1. The van der Waals surface area contributed by atoms with Crippen LogP contribution in [0, 0.1) is 0 Å². The van der Waals surface area contributed by atoms with Crippen LogP contribution in [0.25, 0.3) is 10.6 Å². The van der Waals surface area contributed by atoms with Gasteiger partial charge in [0, 0.05) is 30.0 Å². The van der Waals surface area contributed by atoms with Crippen LogP contribution in [0.3, 0.4) is 0 Å². The first-order chi connectivity index (χ1) is 14.6. The van der Waals surface area contributed by atoms with Crippen molar-refractivity contribution in [1.29, 1.82) is 0 Å². The summed E-state index contributed by atoms with van der Waals surface area (Å²) in [6.45, 7) is 4.59. The van der Waals surface area contributed by atoms with E-state index in [1.807, 2.05) is 24.3 Å². The summed E-state index contributed by atoms with van der Waals surface area (Å²) in [7, 11) is 0. The zero-order chi connectivity index (χ0) is 20.9. The Hall–Kier alpha value is -2.88. The van der Waals surface area contributed by atoms with E-state index in [9.17, 15) is 4.79 Å². The SMILES string of the molecule is CCC(Nc1ccc(Nc2cc(-c3ccc(C(N)=O)s3)n[nH]2)cc1)C1COCCN1. The van der Waals surface area contributed by atoms with Crippen LogP contribution in [0.5, 0.6) is 0 Å². The fourth-order valence-corrected chi connectivity index (χ4v) is 4.29. The molecule has 0 aliphatic carbocycles. The zero-order valence-corrected chi connectivity index (χ0v) is 17.6. The van der Waals surface area contributed by atoms with Crippen molar-refractivity contribution in [2.75, 3.05) is 30.4 Å². The minimum absolute atomic E-state index is 0.315. The molecule has 30 heavy (non-hydrogen) atoms. The van der Waals surface area contributed by atoms with E-state index in [-0.39, 0.29) is 0 Å². The molecule has 9 heteroatoms. The topological polar surface area (TPSA) is 117 Å². The van der Waals surface area contributed by atoms with E-state index >= 15 is 0 Å². The fourth-order valence-electron chi connectivity index (χ4n) is 3.47. The van der Waals surface area contributed by atoms with E-state index in [0.29, 0.717) is 17.0 Å². The zero-order valence-electron chi connectivity index (χ0n) is 16.8. The number of aromatic amines is 1. The van der Waals surface area contributed by atoms with E-state index in [1.54, 1.807) is 6.07 Å². The van der Waals surface area contributed by atoms with Crippen LogP contribution in [0.1, 0.15) is 23.0 Å². The maximum Gasteiger partial charge on any atom is 0.258 e. The highest BCUT2D eigenvalue weighted by atomic mass is 32.1. The van der Waals surface area contributed by atoms with E-state index in [0.717, 1.165) is 53.9 Å². The van der Waals surface area contributed by atoms with E-state index in [4.69, 9.17) is 10.5 Å². The Morgan fingerprint density at radius 3 is 2.77 bits per heavy atom. The van der Waals surface area contributed by atoms with Gasteiger partial charge in [-0.15, -0.1) is 11.3 Å². The maximum atomic E-state index is 11.3. The predicted molar refractivity (Wildman–Crippen MR) is 120 cm³/mol. The number of anilines is 3. The highest BCUT2D eigenvalue weighted by molar-refractivity contribution is 7.17. The van der Waals surface area contributed by atoms with Crippen molar-refractivity contribution in [1.82, 2.24) is 15.5 Å². The Labute approximate surface area is 179 Å². The molecule has 2 aromatic heterocycles. The fraction of sp³-hybridized carbons (Fsp3) is 0.333. The van der Waals surface area contributed by atoms with E-state index in [2.05, 4.69) is 45.2 Å². The lowest BCUT2D eigenvalue weighted by Gasteiger charge is -2.32. The Balaban J connectivity index is 1.37. The number of nitrogens with one attached hydrogen (secondary N) is 4. The number of rotatable bonds is 8. The Bertz CT molecular complexity index is 978. The molecule has 3 heterocycles. The van der Waals surface area contributed by atoms with Crippen molar-refractivity contribution in [3.63, 3.8) is 0 Å². The number of carbonyl (C=O) groups excluding carboxylic acids is 1. The van der Waals surface area contributed by atoms with Gasteiger partial charge in [-0.25, -0.2) is 0 Å². The molecule has 4 rings (SSSR count). The number of carbonyl (C=O) groups is 1. The number of thiophene rings is 1. The van der Waals surface area contributed by atoms with Crippen molar-refractivity contribution in [3.05, 3.63) is 47.3 Å². The molecule has 1 aromatic carbocycles. The summed E-state index contributed by atoms with van der Waals surface area (Å²) in [5.74, 6) is 0.348. The summed E-state index contributed by atoms with van der Waals surface area (Å²) in [6, 6.07) is 14.3. The molecule has 1 aliphatic heterocycles. The Morgan fingerprint density at radius 2 is 2.10 bits per heavy atom. The summed E-state index contributed by atoms with van der Waals surface area (Å²) >= 11 is 1.33. The summed E-state index contributed by atoms with van der Waals surface area (Å²) in [4.78, 5) is 12.7. The van der Waals surface area contributed by atoms with Gasteiger partial charge in [-0.2, -0.15) is 5.10 Å². The largest absolute Gasteiger partial charge is 0.381 e. The van der Waals surface area contributed by atoms with Crippen LogP contribution in [-0.4, -0.2) is 47.9 Å². The van der Waals surface area contributed by atoms with Gasteiger partial charge in [0.25, 0.3) is 5.91 Å². The first-order valence-corrected chi connectivity index (χ1v) is 10.8. The molecular formula is C21H26N6O2S. The lowest BCUT2D eigenvalue weighted by Crippen LogP contribution is -2.51. The lowest BCUT2D eigenvalue weighted by molar-refractivity contribution is 0.0704. The quantitative estimate of drug-likeness (QED) is 0.378. The summed E-state index contributed by atoms with van der Waals surface area (Å²) < 4.78 is 5.59. The number of nitrogens with two attached hydrogens (primary N) is 1. The van der Waals surface area contributed by atoms with Gasteiger partial charge in [-0.05, 0) is 42.8 Å².